The number of nitrogens with two attached hydrogens (primary N) is 1. The van der Waals surface area contributed by atoms with E-state index >= 15 is 0 Å². The van der Waals surface area contributed by atoms with Crippen molar-refractivity contribution < 1.29 is 24.2 Å². The molecule has 0 fully saturated rings. The van der Waals surface area contributed by atoms with Crippen LogP contribution >= 0.6 is 7.60 Å². The van der Waals surface area contributed by atoms with Crippen LogP contribution in [-0.4, -0.2) is 77.5 Å². The van der Waals surface area contributed by atoms with Gasteiger partial charge in [-0.05, 0) is 19.6 Å². The second kappa shape index (κ2) is 11.2. The Labute approximate surface area is 174 Å². The molecule has 0 bridgehead atoms. The Morgan fingerprint density at radius 3 is 2.40 bits per heavy atom. The number of hydrogen-bond acceptors (Lipinski definition) is 8. The number of aromatic nitrogens is 4. The minimum absolute atomic E-state index is 0.00181. The number of H-pyrrole nitrogens is 1. The number of nitrogen functional groups attached to an aromatic ring is 1. The third kappa shape index (κ3) is 7.21. The summed E-state index contributed by atoms with van der Waals surface area (Å²) in [6, 6.07) is 0. The predicted molar refractivity (Wildman–Crippen MR) is 113 cm³/mol. The fourth-order valence-corrected chi connectivity index (χ4v) is 2.93. The van der Waals surface area contributed by atoms with E-state index in [0.717, 1.165) is 0 Å². The summed E-state index contributed by atoms with van der Waals surface area (Å²) in [5.74, 6) is 2.02. The van der Waals surface area contributed by atoms with Crippen LogP contribution in [0.25, 0.3) is 11.2 Å². The number of rotatable bonds is 9. The van der Waals surface area contributed by atoms with Gasteiger partial charge in [0.05, 0.1) is 19.5 Å². The maximum atomic E-state index is 11.7. The Bertz CT molecular complexity index is 954. The predicted octanol–water partition coefficient (Wildman–Crippen LogP) is -0.434. The van der Waals surface area contributed by atoms with Gasteiger partial charge in [0, 0.05) is 0 Å². The van der Waals surface area contributed by atoms with Crippen LogP contribution in [-0.2, 0) is 15.8 Å². The molecule has 0 saturated carbocycles. The number of nitrogens with one attached hydrogen (secondary N) is 1. The first-order valence-corrected chi connectivity index (χ1v) is 11.0. The van der Waals surface area contributed by atoms with Crippen LogP contribution in [0.4, 0.5) is 5.95 Å². The minimum atomic E-state index is -4.49. The second-order valence-corrected chi connectivity index (χ2v) is 7.94. The molecule has 2 aromatic heterocycles. The van der Waals surface area contributed by atoms with Gasteiger partial charge >= 0.3 is 7.60 Å². The van der Waals surface area contributed by atoms with E-state index < -0.39 is 31.7 Å². The lowest BCUT2D eigenvalue weighted by Crippen LogP contribution is -2.40. The summed E-state index contributed by atoms with van der Waals surface area (Å²) in [6.07, 6.45) is 5.59. The first kappa shape index (κ1) is 25.8. The molecule has 0 amide bonds. The molecule has 0 aliphatic heterocycles. The van der Waals surface area contributed by atoms with Gasteiger partial charge in [-0.25, -0.2) is 4.98 Å². The largest absolute Gasteiger partial charge is 0.392 e. The number of aliphatic hydroxyl groups is 1. The van der Waals surface area contributed by atoms with Gasteiger partial charge in [0.2, 0.25) is 5.95 Å². The number of ether oxygens (including phenoxy) is 1. The molecule has 6 N–H and O–H groups in total. The van der Waals surface area contributed by atoms with Gasteiger partial charge in [-0.1, -0.05) is 26.7 Å². The lowest BCUT2D eigenvalue weighted by Gasteiger charge is -2.27. The Hall–Kier alpha value is -2.26. The Morgan fingerprint density at radius 1 is 1.37 bits per heavy atom. The normalized spacial score (nSPS) is 13.5. The number of aromatic amines is 1. The van der Waals surface area contributed by atoms with Crippen LogP contribution in [0.2, 0.25) is 0 Å². The average molecular weight is 444 g/mol. The number of fused-ring (bicyclic) bond motifs is 1. The zero-order valence-electron chi connectivity index (χ0n) is 17.3. The van der Waals surface area contributed by atoms with Gasteiger partial charge in [-0.15, -0.1) is 6.42 Å². The van der Waals surface area contributed by atoms with Crippen LogP contribution in [0.1, 0.15) is 20.8 Å². The molecule has 0 aliphatic carbocycles. The molecular weight excluding hydrogens is 415 g/mol. The molecule has 0 spiro atoms. The van der Waals surface area contributed by atoms with Crippen molar-refractivity contribution in [3.8, 4) is 12.3 Å². The topological polar surface area (TPSA) is 180 Å². The van der Waals surface area contributed by atoms with Gasteiger partial charge in [0.25, 0.3) is 5.56 Å². The molecule has 0 saturated heterocycles. The third-order valence-electron chi connectivity index (χ3n) is 4.29. The molecule has 2 rings (SSSR count). The fraction of sp³-hybridized carbons (Fsp3) is 0.588. The minimum Gasteiger partial charge on any atom is -0.392 e. The van der Waals surface area contributed by atoms with Crippen LogP contribution in [0.5, 0.6) is 0 Å². The molecular formula is C17H29N6O6P. The monoisotopic (exact) mass is 444 g/mol. The molecule has 0 aromatic carbocycles. The van der Waals surface area contributed by atoms with Crippen LogP contribution in [0.15, 0.2) is 11.1 Å². The SMILES string of the molecule is C#CC(CO)(Cn1cnc2c(=O)[nH]c(N)nc21)OCP(=O)(O)O.CCN(CC)CC. The zero-order valence-corrected chi connectivity index (χ0v) is 18.2. The smallest absolute Gasteiger partial charge is 0.351 e. The maximum absolute atomic E-state index is 11.7. The summed E-state index contributed by atoms with van der Waals surface area (Å²) in [6.45, 7) is 9.16. The molecule has 0 aliphatic rings. The highest BCUT2D eigenvalue weighted by atomic mass is 31.2. The highest BCUT2D eigenvalue weighted by Crippen LogP contribution is 2.36. The first-order valence-electron chi connectivity index (χ1n) is 9.24. The van der Waals surface area contributed by atoms with E-state index in [2.05, 4.69) is 46.5 Å². The van der Waals surface area contributed by atoms with Crippen LogP contribution < -0.4 is 11.3 Å². The molecule has 2 aromatic rings. The van der Waals surface area contributed by atoms with Crippen molar-refractivity contribution in [3.63, 3.8) is 0 Å². The molecule has 13 heteroatoms. The lowest BCUT2D eigenvalue weighted by atomic mass is 10.1. The van der Waals surface area contributed by atoms with Crippen molar-refractivity contribution in [2.75, 3.05) is 38.3 Å². The van der Waals surface area contributed by atoms with Crippen molar-refractivity contribution in [2.24, 2.45) is 0 Å². The van der Waals surface area contributed by atoms with E-state index in [1.807, 2.05) is 0 Å². The summed E-state index contributed by atoms with van der Waals surface area (Å²) >= 11 is 0. The van der Waals surface area contributed by atoms with Crippen molar-refractivity contribution in [2.45, 2.75) is 32.9 Å². The van der Waals surface area contributed by atoms with Crippen molar-refractivity contribution in [1.82, 2.24) is 24.4 Å². The Morgan fingerprint density at radius 2 is 1.97 bits per heavy atom. The molecule has 1 unspecified atom stereocenters. The first-order chi connectivity index (χ1) is 14.0. The molecule has 2 heterocycles. The van der Waals surface area contributed by atoms with Crippen molar-refractivity contribution in [1.29, 1.82) is 0 Å². The fourth-order valence-electron chi connectivity index (χ4n) is 2.51. The second-order valence-electron chi connectivity index (χ2n) is 6.35. The van der Waals surface area contributed by atoms with Gasteiger partial charge in [0.1, 0.15) is 0 Å². The molecule has 12 nitrogen and oxygen atoms in total. The lowest BCUT2D eigenvalue weighted by molar-refractivity contribution is -0.0327. The third-order valence-corrected chi connectivity index (χ3v) is 4.75. The number of nitrogens with zero attached hydrogens (tertiary/aromatic N) is 4. The zero-order chi connectivity index (χ0) is 22.9. The molecule has 0 radical (unpaired) electrons. The summed E-state index contributed by atoms with van der Waals surface area (Å²) in [7, 11) is -4.49. The van der Waals surface area contributed by atoms with Crippen LogP contribution in [0, 0.1) is 12.3 Å². The molecule has 168 valence electrons. The van der Waals surface area contributed by atoms with E-state index in [-0.39, 0.29) is 23.7 Å². The summed E-state index contributed by atoms with van der Waals surface area (Å²) in [5.41, 5.74) is 3.27. The number of anilines is 1. The van der Waals surface area contributed by atoms with E-state index in [0.29, 0.717) is 0 Å². The van der Waals surface area contributed by atoms with Gasteiger partial charge in [-0.3, -0.25) is 14.3 Å². The standard InChI is InChI=1S/C11H14N5O6P.C6H15N/c1-2-11(4-17,22-6-23(19,20)21)3-16-5-13-7-8(16)14-10(12)15-9(7)18;1-4-7(5-2)6-3/h1,5,17H,3-4,6H2,(H2,19,20,21)(H3,12,14,15,18);4-6H2,1-3H3. The molecule has 30 heavy (non-hydrogen) atoms. The Balaban J connectivity index is 0.000000553. The number of aliphatic hydroxyl groups excluding tert-OH is 1. The van der Waals surface area contributed by atoms with E-state index in [1.165, 1.54) is 30.5 Å². The van der Waals surface area contributed by atoms with E-state index in [1.54, 1.807) is 0 Å². The maximum Gasteiger partial charge on any atom is 0.351 e. The quantitative estimate of drug-likeness (QED) is 0.251. The highest BCUT2D eigenvalue weighted by Gasteiger charge is 2.32. The number of terminal acetylenes is 1. The van der Waals surface area contributed by atoms with Crippen molar-refractivity contribution >= 4 is 24.7 Å². The van der Waals surface area contributed by atoms with Crippen LogP contribution in [0.3, 0.4) is 0 Å². The van der Waals surface area contributed by atoms with Gasteiger partial charge in [-0.2, -0.15) is 4.98 Å². The molecule has 1 atom stereocenters. The number of imidazole rings is 1. The summed E-state index contributed by atoms with van der Waals surface area (Å²) in [4.78, 5) is 41.9. The van der Waals surface area contributed by atoms with Gasteiger partial charge < -0.3 is 34.8 Å². The van der Waals surface area contributed by atoms with Gasteiger partial charge in [0.15, 0.2) is 23.1 Å². The van der Waals surface area contributed by atoms with E-state index in [4.69, 9.17) is 26.7 Å². The number of hydrogen-bond donors (Lipinski definition) is 5. The van der Waals surface area contributed by atoms with Crippen molar-refractivity contribution in [3.05, 3.63) is 16.7 Å². The summed E-state index contributed by atoms with van der Waals surface area (Å²) < 4.78 is 17.3. The summed E-state index contributed by atoms with van der Waals surface area (Å²) in [5, 5.41) is 9.49. The highest BCUT2D eigenvalue weighted by molar-refractivity contribution is 7.51. The van der Waals surface area contributed by atoms with E-state index in [9.17, 15) is 14.5 Å². The Kier molecular flexibility index (Phi) is 9.64. The average Bonchev–Trinajstić information content (AvgIpc) is 3.09.